The highest BCUT2D eigenvalue weighted by Gasteiger charge is 2.31. The first-order valence-electron chi connectivity index (χ1n) is 8.88. The van der Waals surface area contributed by atoms with Crippen molar-refractivity contribution in [1.29, 1.82) is 0 Å². The summed E-state index contributed by atoms with van der Waals surface area (Å²) >= 11 is 0. The highest BCUT2D eigenvalue weighted by atomic mass is 19.4. The van der Waals surface area contributed by atoms with E-state index in [0.29, 0.717) is 6.04 Å². The molecule has 0 unspecified atom stereocenters. The topological polar surface area (TPSA) is 15.7 Å². The number of benzene rings is 2. The summed E-state index contributed by atoms with van der Waals surface area (Å²) in [5.74, 6) is -0.184. The molecule has 1 aliphatic heterocycles. The van der Waals surface area contributed by atoms with E-state index in [2.05, 4.69) is 33.6 Å². The molecule has 0 saturated carbocycles. The van der Waals surface area contributed by atoms with Crippen LogP contribution in [0.1, 0.15) is 19.8 Å². The van der Waals surface area contributed by atoms with E-state index in [-0.39, 0.29) is 5.75 Å². The zero-order valence-corrected chi connectivity index (χ0v) is 14.7. The van der Waals surface area contributed by atoms with Crippen LogP contribution in [0.15, 0.2) is 54.6 Å². The molecule has 0 aromatic heterocycles. The predicted octanol–water partition coefficient (Wildman–Crippen LogP) is 5.08. The molecular weight excluding hydrogens is 341 g/mol. The number of hydrogen-bond acceptors (Lipinski definition) is 3. The van der Waals surface area contributed by atoms with Gasteiger partial charge >= 0.3 is 6.36 Å². The second kappa shape index (κ2) is 7.89. The second-order valence-electron chi connectivity index (χ2n) is 6.38. The lowest BCUT2D eigenvalue weighted by atomic mass is 10.0. The maximum Gasteiger partial charge on any atom is 0.573 e. The van der Waals surface area contributed by atoms with Crippen molar-refractivity contribution in [3.8, 4) is 5.75 Å². The molecule has 1 fully saturated rings. The van der Waals surface area contributed by atoms with Crippen molar-refractivity contribution in [2.75, 3.05) is 29.4 Å². The van der Waals surface area contributed by atoms with Gasteiger partial charge in [0, 0.05) is 37.1 Å². The molecule has 0 spiro atoms. The van der Waals surface area contributed by atoms with E-state index in [9.17, 15) is 13.2 Å². The van der Waals surface area contributed by atoms with Crippen molar-refractivity contribution in [2.24, 2.45) is 0 Å². The Kier molecular flexibility index (Phi) is 5.59. The zero-order chi connectivity index (χ0) is 18.6. The van der Waals surface area contributed by atoms with E-state index in [0.717, 1.165) is 38.2 Å². The number of nitrogens with zero attached hydrogens (tertiary/aromatic N) is 2. The summed E-state index contributed by atoms with van der Waals surface area (Å²) in [6.07, 6.45) is -2.62. The van der Waals surface area contributed by atoms with Gasteiger partial charge in [-0.2, -0.15) is 0 Å². The Morgan fingerprint density at radius 1 is 1.00 bits per heavy atom. The molecule has 1 aliphatic rings. The molecule has 0 bridgehead atoms. The number of para-hydroxylation sites is 1. The molecule has 0 N–H and O–H groups in total. The number of ether oxygens (including phenoxy) is 1. The first-order chi connectivity index (χ1) is 12.5. The summed E-state index contributed by atoms with van der Waals surface area (Å²) < 4.78 is 40.8. The lowest BCUT2D eigenvalue weighted by Gasteiger charge is -2.40. The van der Waals surface area contributed by atoms with Crippen molar-refractivity contribution in [1.82, 2.24) is 0 Å². The van der Waals surface area contributed by atoms with Crippen LogP contribution in [-0.2, 0) is 0 Å². The zero-order valence-electron chi connectivity index (χ0n) is 14.7. The summed E-state index contributed by atoms with van der Waals surface area (Å²) in [4.78, 5) is 4.64. The normalized spacial score (nSPS) is 15.8. The van der Waals surface area contributed by atoms with Crippen LogP contribution in [0.3, 0.4) is 0 Å². The standard InChI is InChI=1S/C20H23F3N2O/c1-2-25(17-8-10-19(11-9-17)26-20(21,22)23)18-12-14-24(15-13-18)16-6-4-3-5-7-16/h3-11,18H,2,12-15H2,1H3. The monoisotopic (exact) mass is 364 g/mol. The molecule has 1 heterocycles. The van der Waals surface area contributed by atoms with Crippen LogP contribution in [0, 0.1) is 0 Å². The van der Waals surface area contributed by atoms with E-state index >= 15 is 0 Å². The van der Waals surface area contributed by atoms with Gasteiger partial charge < -0.3 is 14.5 Å². The Morgan fingerprint density at radius 3 is 2.15 bits per heavy atom. The molecule has 2 aromatic carbocycles. The minimum Gasteiger partial charge on any atom is -0.406 e. The summed E-state index contributed by atoms with van der Waals surface area (Å²) in [5, 5.41) is 0. The Hall–Kier alpha value is -2.37. The molecule has 3 rings (SSSR count). The Labute approximate surface area is 152 Å². The van der Waals surface area contributed by atoms with Crippen LogP contribution in [-0.4, -0.2) is 32.0 Å². The molecule has 2 aromatic rings. The second-order valence-corrected chi connectivity index (χ2v) is 6.38. The average Bonchev–Trinajstić information content (AvgIpc) is 2.64. The number of alkyl halides is 3. The van der Waals surface area contributed by atoms with Gasteiger partial charge in [0.15, 0.2) is 0 Å². The lowest BCUT2D eigenvalue weighted by molar-refractivity contribution is -0.274. The van der Waals surface area contributed by atoms with E-state index in [1.165, 1.54) is 17.8 Å². The fourth-order valence-corrected chi connectivity index (χ4v) is 3.57. The van der Waals surface area contributed by atoms with Gasteiger partial charge in [-0.25, -0.2) is 0 Å². The van der Waals surface area contributed by atoms with Crippen LogP contribution >= 0.6 is 0 Å². The third-order valence-corrected chi connectivity index (χ3v) is 4.77. The van der Waals surface area contributed by atoms with E-state index in [4.69, 9.17) is 0 Å². The van der Waals surface area contributed by atoms with E-state index in [1.807, 2.05) is 18.2 Å². The largest absolute Gasteiger partial charge is 0.573 e. The minimum absolute atomic E-state index is 0.184. The molecule has 26 heavy (non-hydrogen) atoms. The van der Waals surface area contributed by atoms with E-state index in [1.54, 1.807) is 12.1 Å². The first kappa shape index (κ1) is 18.4. The molecule has 0 aliphatic carbocycles. The van der Waals surface area contributed by atoms with Gasteiger partial charge in [-0.1, -0.05) is 18.2 Å². The number of anilines is 2. The molecule has 1 saturated heterocycles. The first-order valence-corrected chi connectivity index (χ1v) is 8.88. The summed E-state index contributed by atoms with van der Waals surface area (Å²) in [7, 11) is 0. The van der Waals surface area contributed by atoms with Gasteiger partial charge in [0.05, 0.1) is 0 Å². The summed E-state index contributed by atoms with van der Waals surface area (Å²) in [6.45, 7) is 4.83. The Bertz CT molecular complexity index is 680. The van der Waals surface area contributed by atoms with Crippen LogP contribution in [0.4, 0.5) is 24.5 Å². The van der Waals surface area contributed by atoms with Crippen molar-refractivity contribution in [3.63, 3.8) is 0 Å². The van der Waals surface area contributed by atoms with Crippen LogP contribution < -0.4 is 14.5 Å². The van der Waals surface area contributed by atoms with Gasteiger partial charge in [0.25, 0.3) is 0 Å². The maximum atomic E-state index is 12.3. The molecule has 0 atom stereocenters. The number of hydrogen-bond donors (Lipinski definition) is 0. The molecular formula is C20H23F3N2O. The molecule has 0 radical (unpaired) electrons. The van der Waals surface area contributed by atoms with Gasteiger partial charge in [0.2, 0.25) is 0 Å². The van der Waals surface area contributed by atoms with E-state index < -0.39 is 6.36 Å². The van der Waals surface area contributed by atoms with Crippen molar-refractivity contribution in [3.05, 3.63) is 54.6 Å². The highest BCUT2D eigenvalue weighted by molar-refractivity contribution is 5.51. The third-order valence-electron chi connectivity index (χ3n) is 4.77. The summed E-state index contributed by atoms with van der Waals surface area (Å²) in [6, 6.07) is 16.9. The van der Waals surface area contributed by atoms with Gasteiger partial charge in [-0.05, 0) is 56.2 Å². The maximum absolute atomic E-state index is 12.3. The number of rotatable bonds is 5. The van der Waals surface area contributed by atoms with Crippen LogP contribution in [0.5, 0.6) is 5.75 Å². The minimum atomic E-state index is -4.66. The molecule has 0 amide bonds. The molecule has 140 valence electrons. The predicted molar refractivity (Wildman–Crippen MR) is 97.8 cm³/mol. The Morgan fingerprint density at radius 2 is 1.62 bits per heavy atom. The lowest BCUT2D eigenvalue weighted by Crippen LogP contribution is -2.45. The Balaban J connectivity index is 1.63. The fourth-order valence-electron chi connectivity index (χ4n) is 3.57. The highest BCUT2D eigenvalue weighted by Crippen LogP contribution is 2.29. The van der Waals surface area contributed by atoms with Gasteiger partial charge in [-0.3, -0.25) is 0 Å². The van der Waals surface area contributed by atoms with Crippen molar-refractivity contribution >= 4 is 11.4 Å². The molecule has 3 nitrogen and oxygen atoms in total. The van der Waals surface area contributed by atoms with Crippen LogP contribution in [0.2, 0.25) is 0 Å². The fraction of sp³-hybridized carbons (Fsp3) is 0.400. The summed E-state index contributed by atoms with van der Waals surface area (Å²) in [5.41, 5.74) is 2.17. The van der Waals surface area contributed by atoms with Gasteiger partial charge in [0.1, 0.15) is 5.75 Å². The van der Waals surface area contributed by atoms with Crippen LogP contribution in [0.25, 0.3) is 0 Å². The molecule has 6 heteroatoms. The average molecular weight is 364 g/mol. The van der Waals surface area contributed by atoms with Gasteiger partial charge in [-0.15, -0.1) is 13.2 Å². The quantitative estimate of drug-likeness (QED) is 0.736. The third kappa shape index (κ3) is 4.62. The van der Waals surface area contributed by atoms with Crippen molar-refractivity contribution < 1.29 is 17.9 Å². The number of piperidine rings is 1. The van der Waals surface area contributed by atoms with Crippen molar-refractivity contribution in [2.45, 2.75) is 32.2 Å². The number of halogens is 3. The SMILES string of the molecule is CCN(c1ccc(OC(F)(F)F)cc1)C1CCN(c2ccccc2)CC1. The smallest absolute Gasteiger partial charge is 0.406 e.